The Morgan fingerprint density at radius 1 is 0.696 bits per heavy atom. The van der Waals surface area contributed by atoms with E-state index in [1.165, 1.54) is 83.5 Å². The van der Waals surface area contributed by atoms with Gasteiger partial charge < -0.3 is 20.5 Å². The molecule has 2 aromatic rings. The van der Waals surface area contributed by atoms with E-state index in [2.05, 4.69) is 29.7 Å². The molecule has 1 aliphatic rings. The minimum absolute atomic E-state index is 0.0567. The summed E-state index contributed by atoms with van der Waals surface area (Å²) in [5.41, 5.74) is 4.48. The topological polar surface area (TPSA) is 105 Å². The highest BCUT2D eigenvalue weighted by atomic mass is 16.5. The number of unbranched alkanes of at least 4 members (excludes halogenated alkanes) is 15. The van der Waals surface area contributed by atoms with Gasteiger partial charge in [0.15, 0.2) is 0 Å². The number of fused-ring (bicyclic) bond motifs is 3. The van der Waals surface area contributed by atoms with Gasteiger partial charge in [-0.15, -0.1) is 0 Å². The van der Waals surface area contributed by atoms with Gasteiger partial charge in [-0.25, -0.2) is 9.59 Å². The average Bonchev–Trinajstić information content (AvgIpc) is 3.38. The second kappa shape index (κ2) is 22.2. The van der Waals surface area contributed by atoms with Gasteiger partial charge in [-0.3, -0.25) is 4.79 Å². The van der Waals surface area contributed by atoms with Gasteiger partial charge in [0.2, 0.25) is 5.91 Å². The molecule has 2 aromatic carbocycles. The Hall–Kier alpha value is -3.35. The van der Waals surface area contributed by atoms with Gasteiger partial charge in [-0.2, -0.15) is 0 Å². The fraction of sp³-hybridized carbons (Fsp3) is 0.615. The summed E-state index contributed by atoms with van der Waals surface area (Å²) in [6.07, 6.45) is 20.8. The Labute approximate surface area is 277 Å². The van der Waals surface area contributed by atoms with E-state index in [1.807, 2.05) is 36.4 Å². The fourth-order valence-corrected chi connectivity index (χ4v) is 6.49. The zero-order chi connectivity index (χ0) is 32.8. The highest BCUT2D eigenvalue weighted by Gasteiger charge is 2.29. The fourth-order valence-electron chi connectivity index (χ4n) is 6.49. The number of carbonyl (C=O) groups excluding carboxylic acids is 2. The molecule has 254 valence electrons. The Kier molecular flexibility index (Phi) is 17.9. The van der Waals surface area contributed by atoms with E-state index < -0.39 is 18.1 Å². The number of benzene rings is 2. The summed E-state index contributed by atoms with van der Waals surface area (Å²) < 4.78 is 5.51. The minimum Gasteiger partial charge on any atom is -0.480 e. The summed E-state index contributed by atoms with van der Waals surface area (Å²) >= 11 is 0. The largest absolute Gasteiger partial charge is 0.480 e. The SMILES string of the molecule is CCCCCCCCCCCCCCCCCC(=O)NCCCC[C@H](NC(=O)OCC1c2ccccc2-c2ccccc21)C(=O)O. The molecule has 46 heavy (non-hydrogen) atoms. The molecule has 0 bridgehead atoms. The molecule has 3 rings (SSSR count). The summed E-state index contributed by atoms with van der Waals surface area (Å²) in [5, 5.41) is 15.1. The van der Waals surface area contributed by atoms with E-state index in [4.69, 9.17) is 4.74 Å². The molecule has 0 saturated heterocycles. The molecule has 1 aliphatic carbocycles. The zero-order valence-electron chi connectivity index (χ0n) is 28.2. The lowest BCUT2D eigenvalue weighted by molar-refractivity contribution is -0.139. The number of carboxylic acids is 1. The van der Waals surface area contributed by atoms with Crippen molar-refractivity contribution in [3.8, 4) is 11.1 Å². The van der Waals surface area contributed by atoms with Crippen LogP contribution in [0.25, 0.3) is 11.1 Å². The summed E-state index contributed by atoms with van der Waals surface area (Å²) in [6.45, 7) is 2.91. The number of alkyl carbamates (subject to hydrolysis) is 1. The minimum atomic E-state index is -1.09. The summed E-state index contributed by atoms with van der Waals surface area (Å²) in [7, 11) is 0. The Balaban J connectivity index is 1.17. The molecule has 7 nitrogen and oxygen atoms in total. The predicted molar refractivity (Wildman–Crippen MR) is 186 cm³/mol. The van der Waals surface area contributed by atoms with Crippen molar-refractivity contribution < 1.29 is 24.2 Å². The molecule has 3 N–H and O–H groups in total. The molecule has 7 heteroatoms. The van der Waals surface area contributed by atoms with Crippen molar-refractivity contribution in [2.75, 3.05) is 13.2 Å². The van der Waals surface area contributed by atoms with Crippen molar-refractivity contribution in [1.82, 2.24) is 10.6 Å². The first-order valence-electron chi connectivity index (χ1n) is 18.1. The first-order chi connectivity index (χ1) is 22.5. The Bertz CT molecular complexity index is 1140. The van der Waals surface area contributed by atoms with Gasteiger partial charge in [-0.05, 0) is 47.9 Å². The molecule has 0 unspecified atom stereocenters. The zero-order valence-corrected chi connectivity index (χ0v) is 28.2. The lowest BCUT2D eigenvalue weighted by Gasteiger charge is -2.17. The van der Waals surface area contributed by atoms with E-state index in [0.717, 1.165) is 35.1 Å². The molecule has 1 atom stereocenters. The standard InChI is InChI=1S/C39H58N2O5/c1-2-3-4-5-6-7-8-9-10-11-12-13-14-15-16-28-37(42)40-29-22-21-27-36(38(43)44)41-39(45)46-30-35-33-25-19-17-23-31(33)32-24-18-20-26-34(32)35/h17-20,23-26,35-36H,2-16,21-22,27-30H2,1H3,(H,40,42)(H,41,45)(H,43,44)/t36-/m0/s1. The van der Waals surface area contributed by atoms with Crippen LogP contribution in [-0.4, -0.2) is 42.3 Å². The van der Waals surface area contributed by atoms with Crippen LogP contribution in [0.5, 0.6) is 0 Å². The van der Waals surface area contributed by atoms with Crippen molar-refractivity contribution >= 4 is 18.0 Å². The van der Waals surface area contributed by atoms with Crippen LogP contribution in [0.4, 0.5) is 4.79 Å². The van der Waals surface area contributed by atoms with E-state index in [1.54, 1.807) is 0 Å². The van der Waals surface area contributed by atoms with Crippen LogP contribution in [-0.2, 0) is 14.3 Å². The van der Waals surface area contributed by atoms with E-state index in [0.29, 0.717) is 25.8 Å². The number of carboxylic acid groups (broad SMARTS) is 1. The van der Waals surface area contributed by atoms with E-state index in [9.17, 15) is 19.5 Å². The maximum atomic E-state index is 12.5. The smallest absolute Gasteiger partial charge is 0.407 e. The van der Waals surface area contributed by atoms with Crippen molar-refractivity contribution in [1.29, 1.82) is 0 Å². The highest BCUT2D eigenvalue weighted by Crippen LogP contribution is 2.44. The van der Waals surface area contributed by atoms with Gasteiger partial charge in [-0.1, -0.05) is 145 Å². The number of aliphatic carboxylic acids is 1. The Morgan fingerprint density at radius 2 is 1.20 bits per heavy atom. The molecular weight excluding hydrogens is 576 g/mol. The molecule has 0 heterocycles. The molecule has 0 aromatic heterocycles. The van der Waals surface area contributed by atoms with Crippen molar-refractivity contribution in [3.05, 3.63) is 59.7 Å². The summed E-state index contributed by atoms with van der Waals surface area (Å²) in [6, 6.07) is 15.1. The number of amides is 2. The van der Waals surface area contributed by atoms with Crippen LogP contribution in [0.3, 0.4) is 0 Å². The average molecular weight is 635 g/mol. The van der Waals surface area contributed by atoms with E-state index in [-0.39, 0.29) is 24.9 Å². The number of rotatable bonds is 25. The molecule has 0 aliphatic heterocycles. The lowest BCUT2D eigenvalue weighted by atomic mass is 9.98. The molecule has 0 saturated carbocycles. The van der Waals surface area contributed by atoms with Crippen LogP contribution >= 0.6 is 0 Å². The third-order valence-corrected chi connectivity index (χ3v) is 9.18. The first-order valence-corrected chi connectivity index (χ1v) is 18.1. The second-order valence-electron chi connectivity index (χ2n) is 12.9. The lowest BCUT2D eigenvalue weighted by Crippen LogP contribution is -2.41. The monoisotopic (exact) mass is 634 g/mol. The van der Waals surface area contributed by atoms with Crippen LogP contribution < -0.4 is 10.6 Å². The number of carbonyl (C=O) groups is 3. The highest BCUT2D eigenvalue weighted by molar-refractivity contribution is 5.81. The normalized spacial score (nSPS) is 12.7. The summed E-state index contributed by atoms with van der Waals surface area (Å²) in [5.74, 6) is -1.12. The first kappa shape index (κ1) is 37.1. The van der Waals surface area contributed by atoms with Crippen LogP contribution in [0.15, 0.2) is 48.5 Å². The Morgan fingerprint density at radius 3 is 1.72 bits per heavy atom. The quantitative estimate of drug-likeness (QED) is 0.0944. The van der Waals surface area contributed by atoms with Gasteiger partial charge >= 0.3 is 12.1 Å². The van der Waals surface area contributed by atoms with Crippen LogP contribution in [0, 0.1) is 0 Å². The van der Waals surface area contributed by atoms with Crippen molar-refractivity contribution in [2.45, 2.75) is 141 Å². The molecule has 0 spiro atoms. The second-order valence-corrected chi connectivity index (χ2v) is 12.9. The maximum Gasteiger partial charge on any atom is 0.407 e. The van der Waals surface area contributed by atoms with Crippen molar-refractivity contribution in [2.24, 2.45) is 0 Å². The number of hydrogen-bond donors (Lipinski definition) is 3. The van der Waals surface area contributed by atoms with Gasteiger partial charge in [0.25, 0.3) is 0 Å². The van der Waals surface area contributed by atoms with Gasteiger partial charge in [0.1, 0.15) is 12.6 Å². The molecule has 0 radical (unpaired) electrons. The third kappa shape index (κ3) is 13.6. The third-order valence-electron chi connectivity index (χ3n) is 9.18. The van der Waals surface area contributed by atoms with Gasteiger partial charge in [0.05, 0.1) is 0 Å². The predicted octanol–water partition coefficient (Wildman–Crippen LogP) is 9.53. The van der Waals surface area contributed by atoms with Gasteiger partial charge in [0, 0.05) is 18.9 Å². The van der Waals surface area contributed by atoms with E-state index >= 15 is 0 Å². The van der Waals surface area contributed by atoms with Crippen LogP contribution in [0.2, 0.25) is 0 Å². The molecular formula is C39H58N2O5. The van der Waals surface area contributed by atoms with Crippen molar-refractivity contribution in [3.63, 3.8) is 0 Å². The maximum absolute atomic E-state index is 12.5. The number of nitrogens with one attached hydrogen (secondary N) is 2. The van der Waals surface area contributed by atoms with Crippen LogP contribution in [0.1, 0.15) is 146 Å². The molecule has 0 fully saturated rings. The number of hydrogen-bond acceptors (Lipinski definition) is 4. The molecule has 2 amide bonds. The number of ether oxygens (including phenoxy) is 1. The summed E-state index contributed by atoms with van der Waals surface area (Å²) in [4.78, 5) is 36.5.